The van der Waals surface area contributed by atoms with Crippen molar-refractivity contribution in [3.63, 3.8) is 0 Å². The highest BCUT2D eigenvalue weighted by Crippen LogP contribution is 2.17. The Hall–Kier alpha value is -1.10. The van der Waals surface area contributed by atoms with Crippen LogP contribution in [0.25, 0.3) is 0 Å². The van der Waals surface area contributed by atoms with E-state index in [1.807, 2.05) is 0 Å². The Morgan fingerprint density at radius 2 is 1.58 bits per heavy atom. The number of carbonyl (C=O) groups excluding carboxylic acids is 2. The SMILES string of the molecule is COC(C)(CC(=O)[O-])CC(=O)[O-]. The van der Waals surface area contributed by atoms with Crippen LogP contribution in [0.4, 0.5) is 0 Å². The molecule has 12 heavy (non-hydrogen) atoms. The molecule has 0 fully saturated rings. The Morgan fingerprint density at radius 3 is 1.75 bits per heavy atom. The van der Waals surface area contributed by atoms with Gasteiger partial charge in [0.1, 0.15) is 0 Å². The van der Waals surface area contributed by atoms with Gasteiger partial charge in [-0.25, -0.2) is 0 Å². The summed E-state index contributed by atoms with van der Waals surface area (Å²) in [5.74, 6) is -2.69. The summed E-state index contributed by atoms with van der Waals surface area (Å²) in [4.78, 5) is 20.3. The second-order valence-corrected chi connectivity index (χ2v) is 2.75. The summed E-state index contributed by atoms with van der Waals surface area (Å²) in [6.45, 7) is 1.37. The van der Waals surface area contributed by atoms with Gasteiger partial charge in [0.05, 0.1) is 5.60 Å². The van der Waals surface area contributed by atoms with Crippen LogP contribution >= 0.6 is 0 Å². The third-order valence-corrected chi connectivity index (χ3v) is 1.53. The summed E-state index contributed by atoms with van der Waals surface area (Å²) in [5.41, 5.74) is -1.24. The minimum absolute atomic E-state index is 0.461. The maximum Gasteiger partial charge on any atom is 0.0754 e. The van der Waals surface area contributed by atoms with Crippen LogP contribution < -0.4 is 10.2 Å². The number of carboxylic acids is 2. The summed E-state index contributed by atoms with van der Waals surface area (Å²) in [5, 5.41) is 20.3. The van der Waals surface area contributed by atoms with E-state index in [1.165, 1.54) is 14.0 Å². The first kappa shape index (κ1) is 10.9. The standard InChI is InChI=1S/C7H12O5/c1-7(12-2,3-5(8)9)4-6(10)11/h3-4H2,1-2H3,(H,8,9)(H,10,11)/p-2. The summed E-state index contributed by atoms with van der Waals surface area (Å²) < 4.78 is 4.72. The first-order chi connectivity index (χ1) is 5.39. The van der Waals surface area contributed by atoms with Crippen molar-refractivity contribution >= 4 is 11.9 Å². The molecule has 0 aromatic heterocycles. The average molecular weight is 174 g/mol. The number of hydrogen-bond donors (Lipinski definition) is 0. The number of hydrogen-bond acceptors (Lipinski definition) is 5. The van der Waals surface area contributed by atoms with Gasteiger partial charge in [-0.2, -0.15) is 0 Å². The van der Waals surface area contributed by atoms with Gasteiger partial charge in [0.25, 0.3) is 0 Å². The van der Waals surface area contributed by atoms with Gasteiger partial charge >= 0.3 is 0 Å². The van der Waals surface area contributed by atoms with Gasteiger partial charge in [0.15, 0.2) is 0 Å². The summed E-state index contributed by atoms with van der Waals surface area (Å²) in [6.07, 6.45) is -0.922. The van der Waals surface area contributed by atoms with Gasteiger partial charge in [-0.15, -0.1) is 0 Å². The number of rotatable bonds is 5. The van der Waals surface area contributed by atoms with Gasteiger partial charge < -0.3 is 24.5 Å². The number of aliphatic carboxylic acids is 2. The topological polar surface area (TPSA) is 89.5 Å². The van der Waals surface area contributed by atoms with Crippen LogP contribution in [-0.2, 0) is 14.3 Å². The lowest BCUT2D eigenvalue weighted by Gasteiger charge is -2.28. The van der Waals surface area contributed by atoms with Crippen LogP contribution in [0.1, 0.15) is 19.8 Å². The van der Waals surface area contributed by atoms with Crippen LogP contribution in [-0.4, -0.2) is 24.6 Å². The quantitative estimate of drug-likeness (QED) is 0.466. The van der Waals surface area contributed by atoms with E-state index >= 15 is 0 Å². The zero-order chi connectivity index (χ0) is 9.78. The maximum atomic E-state index is 10.2. The van der Waals surface area contributed by atoms with Crippen LogP contribution in [0.15, 0.2) is 0 Å². The molecule has 0 aliphatic rings. The molecule has 0 rings (SSSR count). The lowest BCUT2D eigenvalue weighted by Crippen LogP contribution is -2.41. The molecule has 0 radical (unpaired) electrons. The molecule has 0 aromatic rings. The lowest BCUT2D eigenvalue weighted by atomic mass is 9.98. The summed E-state index contributed by atoms with van der Waals surface area (Å²) in [6, 6.07) is 0. The lowest BCUT2D eigenvalue weighted by molar-refractivity contribution is -0.314. The molecule has 0 unspecified atom stereocenters. The average Bonchev–Trinajstić information content (AvgIpc) is 1.83. The van der Waals surface area contributed by atoms with Crippen LogP contribution in [0, 0.1) is 0 Å². The van der Waals surface area contributed by atoms with Crippen LogP contribution in [0.3, 0.4) is 0 Å². The third kappa shape index (κ3) is 3.92. The fraction of sp³-hybridized carbons (Fsp3) is 0.714. The number of carboxylic acid groups (broad SMARTS) is 2. The van der Waals surface area contributed by atoms with Crippen LogP contribution in [0.2, 0.25) is 0 Å². The molecule has 5 heteroatoms. The molecule has 0 aromatic carbocycles. The maximum absolute atomic E-state index is 10.2. The number of ether oxygens (including phenoxy) is 1. The molecule has 0 saturated heterocycles. The highest BCUT2D eigenvalue weighted by molar-refractivity contribution is 5.70. The van der Waals surface area contributed by atoms with Crippen molar-refractivity contribution in [1.82, 2.24) is 0 Å². The van der Waals surface area contributed by atoms with E-state index in [1.54, 1.807) is 0 Å². The molecule has 0 bridgehead atoms. The zero-order valence-corrected chi connectivity index (χ0v) is 6.96. The first-order valence-electron chi connectivity index (χ1n) is 3.34. The van der Waals surface area contributed by atoms with Gasteiger partial charge in [0.2, 0.25) is 0 Å². The molecule has 0 aliphatic heterocycles. The molecular formula is C7H10O5-2. The fourth-order valence-electron chi connectivity index (χ4n) is 0.817. The molecule has 0 amide bonds. The minimum atomic E-state index is -1.35. The monoisotopic (exact) mass is 174 g/mol. The first-order valence-corrected chi connectivity index (χ1v) is 3.34. The Balaban J connectivity index is 4.23. The second-order valence-electron chi connectivity index (χ2n) is 2.75. The van der Waals surface area contributed by atoms with Gasteiger partial charge in [-0.3, -0.25) is 0 Å². The Labute approximate surface area is 70.0 Å². The highest BCUT2D eigenvalue weighted by Gasteiger charge is 2.23. The molecule has 70 valence electrons. The predicted molar refractivity (Wildman–Crippen MR) is 34.7 cm³/mol. The van der Waals surface area contributed by atoms with E-state index in [0.29, 0.717) is 0 Å². The fourth-order valence-corrected chi connectivity index (χ4v) is 0.817. The molecule has 0 heterocycles. The van der Waals surface area contributed by atoms with Gasteiger partial charge in [0, 0.05) is 31.9 Å². The van der Waals surface area contributed by atoms with E-state index in [0.717, 1.165) is 0 Å². The van der Waals surface area contributed by atoms with E-state index in [4.69, 9.17) is 4.74 Å². The van der Waals surface area contributed by atoms with Crippen molar-refractivity contribution in [2.45, 2.75) is 25.4 Å². The van der Waals surface area contributed by atoms with E-state index in [2.05, 4.69) is 0 Å². The third-order valence-electron chi connectivity index (χ3n) is 1.53. The van der Waals surface area contributed by atoms with E-state index < -0.39 is 30.4 Å². The van der Waals surface area contributed by atoms with Gasteiger partial charge in [-0.1, -0.05) is 0 Å². The van der Waals surface area contributed by atoms with Crippen molar-refractivity contribution in [2.24, 2.45) is 0 Å². The second kappa shape index (κ2) is 4.06. The van der Waals surface area contributed by atoms with Crippen LogP contribution in [0.5, 0.6) is 0 Å². The minimum Gasteiger partial charge on any atom is -0.550 e. The van der Waals surface area contributed by atoms with Crippen molar-refractivity contribution < 1.29 is 24.5 Å². The van der Waals surface area contributed by atoms with Crippen molar-refractivity contribution in [3.05, 3.63) is 0 Å². The Bertz CT molecular complexity index is 170. The van der Waals surface area contributed by atoms with Gasteiger partial charge in [-0.05, 0) is 6.92 Å². The van der Waals surface area contributed by atoms with Crippen molar-refractivity contribution in [2.75, 3.05) is 7.11 Å². The Morgan fingerprint density at radius 1 is 1.25 bits per heavy atom. The number of carbonyl (C=O) groups is 2. The number of methoxy groups -OCH3 is 1. The largest absolute Gasteiger partial charge is 0.550 e. The molecule has 0 spiro atoms. The molecule has 0 saturated carbocycles. The molecule has 0 N–H and O–H groups in total. The smallest absolute Gasteiger partial charge is 0.0754 e. The summed E-state index contributed by atoms with van der Waals surface area (Å²) in [7, 11) is 1.24. The van der Waals surface area contributed by atoms with Crippen molar-refractivity contribution in [3.8, 4) is 0 Å². The predicted octanol–water partition coefficient (Wildman–Crippen LogP) is -2.33. The van der Waals surface area contributed by atoms with E-state index in [9.17, 15) is 19.8 Å². The molecule has 0 atom stereocenters. The van der Waals surface area contributed by atoms with Crippen molar-refractivity contribution in [1.29, 1.82) is 0 Å². The molecular weight excluding hydrogens is 164 g/mol. The molecule has 5 nitrogen and oxygen atoms in total. The van der Waals surface area contributed by atoms with E-state index in [-0.39, 0.29) is 0 Å². The summed E-state index contributed by atoms with van der Waals surface area (Å²) >= 11 is 0. The highest BCUT2D eigenvalue weighted by atomic mass is 16.5. The molecule has 0 aliphatic carbocycles. The Kier molecular flexibility index (Phi) is 3.69. The normalized spacial score (nSPS) is 11.2. The zero-order valence-electron chi connectivity index (χ0n) is 6.96.